The smallest absolute Gasteiger partial charge is 0.246 e. The van der Waals surface area contributed by atoms with Gasteiger partial charge in [-0.05, 0) is 57.7 Å². The van der Waals surface area contributed by atoms with Gasteiger partial charge in [-0.15, -0.1) is 0 Å². The Bertz CT molecular complexity index is 1230. The van der Waals surface area contributed by atoms with Crippen molar-refractivity contribution in [1.29, 1.82) is 0 Å². The number of hydrogen-bond acceptors (Lipinski definition) is 6. The summed E-state index contributed by atoms with van der Waals surface area (Å²) in [6, 6.07) is 12.4. The molecule has 2 unspecified atom stereocenters. The average Bonchev–Trinajstić information content (AvgIpc) is 2.99. The fourth-order valence-electron chi connectivity index (χ4n) is 5.58. The number of carbonyl (C=O) groups is 3. The van der Waals surface area contributed by atoms with Crippen LogP contribution in [0.15, 0.2) is 54.6 Å². The van der Waals surface area contributed by atoms with E-state index in [0.717, 1.165) is 49.0 Å². The van der Waals surface area contributed by atoms with E-state index in [-0.39, 0.29) is 36.6 Å². The van der Waals surface area contributed by atoms with E-state index in [9.17, 15) is 23.9 Å². The largest absolute Gasteiger partial charge is 0.492 e. The minimum absolute atomic E-state index is 0.130. The highest BCUT2D eigenvalue weighted by molar-refractivity contribution is 5.92. The molecule has 1 fully saturated rings. The number of nitrogens with one attached hydrogen (secondary N) is 3. The van der Waals surface area contributed by atoms with E-state index in [1.165, 1.54) is 37.9 Å². The summed E-state index contributed by atoms with van der Waals surface area (Å²) in [4.78, 5) is 40.4. The molecule has 240 valence electrons. The Hall–Kier alpha value is -3.76. The summed E-state index contributed by atoms with van der Waals surface area (Å²) >= 11 is 0. The zero-order chi connectivity index (χ0) is 32.1. The lowest BCUT2D eigenvalue weighted by Gasteiger charge is -2.39. The lowest BCUT2D eigenvalue weighted by molar-refractivity contribution is -0.150. The van der Waals surface area contributed by atoms with E-state index >= 15 is 0 Å². The molecule has 3 amide bonds. The van der Waals surface area contributed by atoms with Crippen LogP contribution in [0.5, 0.6) is 5.75 Å². The fourth-order valence-corrected chi connectivity index (χ4v) is 5.58. The first-order chi connectivity index (χ1) is 21.0. The molecule has 2 aromatic rings. The van der Waals surface area contributed by atoms with Crippen LogP contribution < -0.4 is 20.7 Å². The predicted octanol–water partition coefficient (Wildman–Crippen LogP) is 3.60. The number of likely N-dealkylation sites (N-methyl/N-ethyl adjacent to an activating group) is 1. The number of nitrogens with zero attached hydrogens (tertiary/aromatic N) is 1. The van der Waals surface area contributed by atoms with Crippen LogP contribution >= 0.6 is 0 Å². The van der Waals surface area contributed by atoms with Crippen molar-refractivity contribution in [2.45, 2.75) is 70.6 Å². The third-order valence-corrected chi connectivity index (χ3v) is 7.83. The summed E-state index contributed by atoms with van der Waals surface area (Å²) in [5, 5.41) is 19.5. The Morgan fingerprint density at radius 1 is 0.977 bits per heavy atom. The molecule has 10 heteroatoms. The monoisotopic (exact) mass is 610 g/mol. The zero-order valence-electron chi connectivity index (χ0n) is 26.3. The van der Waals surface area contributed by atoms with Gasteiger partial charge in [-0.3, -0.25) is 14.4 Å². The molecular formula is C34H47FN4O5. The number of aryl methyl sites for hydroxylation is 1. The van der Waals surface area contributed by atoms with Crippen molar-refractivity contribution in [3.8, 4) is 5.75 Å². The van der Waals surface area contributed by atoms with Gasteiger partial charge in [0.1, 0.15) is 24.2 Å². The zero-order valence-corrected chi connectivity index (χ0v) is 26.3. The van der Waals surface area contributed by atoms with Crippen molar-refractivity contribution in [1.82, 2.24) is 20.9 Å². The molecule has 2 atom stereocenters. The first-order valence-electron chi connectivity index (χ1n) is 15.3. The van der Waals surface area contributed by atoms with Crippen LogP contribution in [-0.4, -0.2) is 78.7 Å². The topological polar surface area (TPSA) is 120 Å². The number of fused-ring (bicyclic) bond motifs is 1. The van der Waals surface area contributed by atoms with Crippen molar-refractivity contribution < 1.29 is 28.6 Å². The van der Waals surface area contributed by atoms with Crippen LogP contribution in [0.4, 0.5) is 4.39 Å². The predicted molar refractivity (Wildman–Crippen MR) is 169 cm³/mol. The molecule has 0 radical (unpaired) electrons. The van der Waals surface area contributed by atoms with Crippen LogP contribution in [0.2, 0.25) is 0 Å². The van der Waals surface area contributed by atoms with Gasteiger partial charge in [-0.1, -0.05) is 67.3 Å². The van der Waals surface area contributed by atoms with E-state index in [4.69, 9.17) is 4.74 Å². The number of aliphatic hydroxyl groups is 1. The van der Waals surface area contributed by atoms with Crippen molar-refractivity contribution in [3.63, 3.8) is 0 Å². The van der Waals surface area contributed by atoms with E-state index in [1.807, 2.05) is 43.3 Å². The fraction of sp³-hybridized carbons (Fsp3) is 0.500. The van der Waals surface area contributed by atoms with Crippen LogP contribution in [0.25, 0.3) is 6.08 Å². The second-order valence-corrected chi connectivity index (χ2v) is 11.9. The van der Waals surface area contributed by atoms with Crippen LogP contribution in [0.1, 0.15) is 57.1 Å². The minimum atomic E-state index is -1.52. The summed E-state index contributed by atoms with van der Waals surface area (Å²) in [5.74, 6) is -0.525. The average molecular weight is 611 g/mol. The molecule has 0 aromatic heterocycles. The highest BCUT2D eigenvalue weighted by Gasteiger charge is 2.42. The lowest BCUT2D eigenvalue weighted by atomic mass is 9.82. The number of rotatable bonds is 2. The number of benzene rings is 2. The maximum absolute atomic E-state index is 13.7. The Morgan fingerprint density at radius 2 is 1.66 bits per heavy atom. The molecule has 0 spiro atoms. The highest BCUT2D eigenvalue weighted by atomic mass is 19.1. The van der Waals surface area contributed by atoms with Crippen molar-refractivity contribution in [2.75, 3.05) is 33.3 Å². The van der Waals surface area contributed by atoms with Gasteiger partial charge in [0.05, 0.1) is 18.2 Å². The SMILES string of the molecule is CN1C(=O)C(C2CCCCC2)NCCOc2ccccc2/C=C/CNC(=O)CNC(=O)C1C(C)(C)O.Cc1ccc(F)cc1. The van der Waals surface area contributed by atoms with E-state index < -0.39 is 23.6 Å². The standard InChI is InChI=1S/C27H40N4O5.C7H7F/c1-27(2,35)24-25(33)30-18-22(32)28-15-9-13-19-10-7-8-14-21(19)36-17-16-29-23(26(34)31(24)3)20-11-5-4-6-12-20;1-6-2-4-7(8)5-3-6/h7-10,13-14,20,23-24,29,35H,4-6,11-12,15-18H2,1-3H3,(H,28,32)(H,30,33);2-5H,1H3/b13-9+;. The molecular weight excluding hydrogens is 563 g/mol. The van der Waals surface area contributed by atoms with Gasteiger partial charge in [0.2, 0.25) is 17.7 Å². The van der Waals surface area contributed by atoms with Crippen LogP contribution in [-0.2, 0) is 14.4 Å². The number of hydrogen-bond donors (Lipinski definition) is 4. The molecule has 4 N–H and O–H groups in total. The number of ether oxygens (including phenoxy) is 1. The number of para-hydroxylation sites is 1. The second-order valence-electron chi connectivity index (χ2n) is 11.9. The summed E-state index contributed by atoms with van der Waals surface area (Å²) in [7, 11) is 1.54. The summed E-state index contributed by atoms with van der Waals surface area (Å²) in [5.41, 5.74) is 0.457. The van der Waals surface area contributed by atoms with Gasteiger partial charge in [-0.2, -0.15) is 0 Å². The third-order valence-electron chi connectivity index (χ3n) is 7.83. The first-order valence-corrected chi connectivity index (χ1v) is 15.3. The molecule has 4 rings (SSSR count). The molecule has 1 aliphatic heterocycles. The van der Waals surface area contributed by atoms with E-state index in [0.29, 0.717) is 13.2 Å². The third kappa shape index (κ3) is 10.7. The van der Waals surface area contributed by atoms with Gasteiger partial charge in [0.25, 0.3) is 0 Å². The molecule has 0 saturated heterocycles. The van der Waals surface area contributed by atoms with Gasteiger partial charge in [-0.25, -0.2) is 4.39 Å². The Morgan fingerprint density at radius 3 is 2.32 bits per heavy atom. The Labute approximate surface area is 260 Å². The normalized spacial score (nSPS) is 22.1. The summed E-state index contributed by atoms with van der Waals surface area (Å²) < 4.78 is 18.1. The highest BCUT2D eigenvalue weighted by Crippen LogP contribution is 2.28. The number of halogens is 1. The molecule has 2 aromatic carbocycles. The summed E-state index contributed by atoms with van der Waals surface area (Å²) in [6.45, 7) is 5.75. The van der Waals surface area contributed by atoms with Gasteiger partial charge in [0, 0.05) is 25.7 Å². The van der Waals surface area contributed by atoms with Gasteiger partial charge >= 0.3 is 0 Å². The second kappa shape index (κ2) is 16.9. The molecule has 1 saturated carbocycles. The van der Waals surface area contributed by atoms with Crippen LogP contribution in [0.3, 0.4) is 0 Å². The van der Waals surface area contributed by atoms with Gasteiger partial charge in [0.15, 0.2) is 0 Å². The maximum atomic E-state index is 13.7. The Balaban J connectivity index is 0.000000572. The number of carbonyl (C=O) groups excluding carboxylic acids is 3. The van der Waals surface area contributed by atoms with Crippen molar-refractivity contribution in [2.24, 2.45) is 5.92 Å². The van der Waals surface area contributed by atoms with E-state index in [2.05, 4.69) is 16.0 Å². The molecule has 1 aliphatic carbocycles. The number of amides is 3. The van der Waals surface area contributed by atoms with Crippen molar-refractivity contribution in [3.05, 3.63) is 71.6 Å². The Kier molecular flexibility index (Phi) is 13.4. The lowest BCUT2D eigenvalue weighted by Crippen LogP contribution is -2.62. The van der Waals surface area contributed by atoms with Crippen molar-refractivity contribution >= 4 is 23.8 Å². The minimum Gasteiger partial charge on any atom is -0.492 e. The molecule has 44 heavy (non-hydrogen) atoms. The maximum Gasteiger partial charge on any atom is 0.246 e. The van der Waals surface area contributed by atoms with E-state index in [1.54, 1.807) is 12.1 Å². The summed E-state index contributed by atoms with van der Waals surface area (Å²) in [6.07, 6.45) is 8.79. The van der Waals surface area contributed by atoms with Gasteiger partial charge < -0.3 is 30.7 Å². The quantitative estimate of drug-likeness (QED) is 0.413. The van der Waals surface area contributed by atoms with Crippen LogP contribution in [0, 0.1) is 18.7 Å². The molecule has 2 aliphatic rings. The molecule has 1 heterocycles. The first kappa shape index (κ1) is 34.7. The molecule has 9 nitrogen and oxygen atoms in total. The molecule has 0 bridgehead atoms.